The van der Waals surface area contributed by atoms with Crippen LogP contribution in [0.15, 0.2) is 12.2 Å². The maximum absolute atomic E-state index is 12.0. The van der Waals surface area contributed by atoms with E-state index in [4.69, 9.17) is 9.47 Å². The second-order valence-electron chi connectivity index (χ2n) is 7.37. The molecular formula is C21H34N4O8. The minimum atomic E-state index is -0.893. The molecule has 4 amide bonds. The van der Waals surface area contributed by atoms with Gasteiger partial charge in [-0.15, -0.1) is 0 Å². The Morgan fingerprint density at radius 2 is 1.27 bits per heavy atom. The van der Waals surface area contributed by atoms with E-state index in [1.165, 1.54) is 6.92 Å². The molecule has 0 heterocycles. The summed E-state index contributed by atoms with van der Waals surface area (Å²) in [6.45, 7) is 9.95. The lowest BCUT2D eigenvalue weighted by Gasteiger charge is -2.17. The Balaban J connectivity index is 4.15. The molecule has 0 rings (SSSR count). The second-order valence-corrected chi connectivity index (χ2v) is 7.37. The average Bonchev–Trinajstić information content (AvgIpc) is 2.77. The number of carbonyl (C=O) groups excluding carboxylic acids is 6. The molecule has 33 heavy (non-hydrogen) atoms. The summed E-state index contributed by atoms with van der Waals surface area (Å²) in [5.41, 5.74) is 0.223. The molecule has 12 nitrogen and oxygen atoms in total. The quantitative estimate of drug-likeness (QED) is 0.114. The highest BCUT2D eigenvalue weighted by Crippen LogP contribution is 1.97. The Morgan fingerprint density at radius 1 is 0.788 bits per heavy atom. The van der Waals surface area contributed by atoms with Crippen LogP contribution in [0.1, 0.15) is 40.5 Å². The predicted octanol–water partition coefficient (Wildman–Crippen LogP) is -1.06. The van der Waals surface area contributed by atoms with Crippen LogP contribution in [0.3, 0.4) is 0 Å². The van der Waals surface area contributed by atoms with Crippen molar-refractivity contribution in [3.8, 4) is 0 Å². The fraction of sp³-hybridized carbons (Fsp3) is 0.619. The van der Waals surface area contributed by atoms with E-state index in [1.54, 1.807) is 20.8 Å². The molecule has 4 N–H and O–H groups in total. The number of carbonyl (C=O) groups is 6. The van der Waals surface area contributed by atoms with Crippen LogP contribution in [0.5, 0.6) is 0 Å². The third kappa shape index (κ3) is 13.6. The number of amides is 4. The molecule has 186 valence electrons. The molecule has 0 aliphatic heterocycles. The monoisotopic (exact) mass is 470 g/mol. The van der Waals surface area contributed by atoms with Crippen molar-refractivity contribution >= 4 is 35.6 Å². The molecule has 0 saturated heterocycles. The molecule has 1 atom stereocenters. The number of ether oxygens (including phenoxy) is 2. The summed E-state index contributed by atoms with van der Waals surface area (Å²) < 4.78 is 9.69. The SMILES string of the molecule is C=C(C)C(=O)OCCNC(=O)C(=O)NCCC(CC)NC(=O)C(=O)NCCOC(=O)C(C)C. The number of hydrogen-bond donors (Lipinski definition) is 4. The Hall–Kier alpha value is -3.44. The van der Waals surface area contributed by atoms with Gasteiger partial charge in [0.2, 0.25) is 0 Å². The summed E-state index contributed by atoms with van der Waals surface area (Å²) in [5.74, 6) is -4.78. The minimum Gasteiger partial charge on any atom is -0.464 e. The molecule has 0 aliphatic carbocycles. The van der Waals surface area contributed by atoms with Crippen molar-refractivity contribution in [2.45, 2.75) is 46.6 Å². The van der Waals surface area contributed by atoms with Gasteiger partial charge in [-0.05, 0) is 19.8 Å². The number of rotatable bonds is 13. The topological polar surface area (TPSA) is 169 Å². The molecule has 0 fully saturated rings. The first-order chi connectivity index (χ1) is 15.5. The van der Waals surface area contributed by atoms with Crippen molar-refractivity contribution in [2.75, 3.05) is 32.8 Å². The van der Waals surface area contributed by atoms with Gasteiger partial charge in [0.25, 0.3) is 0 Å². The van der Waals surface area contributed by atoms with Crippen LogP contribution in [0.4, 0.5) is 0 Å². The molecular weight excluding hydrogens is 436 g/mol. The smallest absolute Gasteiger partial charge is 0.333 e. The van der Waals surface area contributed by atoms with E-state index >= 15 is 0 Å². The molecule has 1 unspecified atom stereocenters. The lowest BCUT2D eigenvalue weighted by atomic mass is 10.1. The van der Waals surface area contributed by atoms with E-state index in [2.05, 4.69) is 27.8 Å². The van der Waals surface area contributed by atoms with E-state index in [9.17, 15) is 28.8 Å². The number of hydrogen-bond acceptors (Lipinski definition) is 8. The summed E-state index contributed by atoms with van der Waals surface area (Å²) in [4.78, 5) is 69.8. The first kappa shape index (κ1) is 29.6. The van der Waals surface area contributed by atoms with Gasteiger partial charge in [0.1, 0.15) is 13.2 Å². The van der Waals surface area contributed by atoms with Crippen molar-refractivity contribution in [3.05, 3.63) is 12.2 Å². The third-order valence-corrected chi connectivity index (χ3v) is 4.09. The van der Waals surface area contributed by atoms with Crippen LogP contribution in [0.25, 0.3) is 0 Å². The van der Waals surface area contributed by atoms with Gasteiger partial charge < -0.3 is 30.7 Å². The molecule has 0 aromatic heterocycles. The second kappa shape index (κ2) is 16.2. The zero-order chi connectivity index (χ0) is 25.4. The Morgan fingerprint density at radius 3 is 1.76 bits per heavy atom. The molecule has 0 bridgehead atoms. The Labute approximate surface area is 193 Å². The van der Waals surface area contributed by atoms with E-state index in [1.807, 2.05) is 0 Å². The van der Waals surface area contributed by atoms with Crippen molar-refractivity contribution < 1.29 is 38.2 Å². The minimum absolute atomic E-state index is 0.000922. The molecule has 0 radical (unpaired) electrons. The van der Waals surface area contributed by atoms with Gasteiger partial charge in [-0.25, -0.2) is 4.79 Å². The third-order valence-electron chi connectivity index (χ3n) is 4.09. The number of esters is 2. The van der Waals surface area contributed by atoms with Gasteiger partial charge in [0.05, 0.1) is 19.0 Å². The normalized spacial score (nSPS) is 11.1. The summed E-state index contributed by atoms with van der Waals surface area (Å²) in [7, 11) is 0. The van der Waals surface area contributed by atoms with E-state index < -0.39 is 41.6 Å². The largest absolute Gasteiger partial charge is 0.464 e. The first-order valence-corrected chi connectivity index (χ1v) is 10.6. The summed E-state index contributed by atoms with van der Waals surface area (Å²) in [6.07, 6.45) is 0.776. The predicted molar refractivity (Wildman–Crippen MR) is 117 cm³/mol. The zero-order valence-electron chi connectivity index (χ0n) is 19.6. The van der Waals surface area contributed by atoms with Crippen LogP contribution in [0.2, 0.25) is 0 Å². The van der Waals surface area contributed by atoms with Crippen LogP contribution >= 0.6 is 0 Å². The zero-order valence-corrected chi connectivity index (χ0v) is 19.6. The van der Waals surface area contributed by atoms with Crippen LogP contribution in [0, 0.1) is 5.92 Å². The average molecular weight is 471 g/mol. The van der Waals surface area contributed by atoms with Crippen molar-refractivity contribution in [1.82, 2.24) is 21.3 Å². The van der Waals surface area contributed by atoms with E-state index in [0.29, 0.717) is 6.42 Å². The van der Waals surface area contributed by atoms with Gasteiger partial charge in [0.15, 0.2) is 0 Å². The molecule has 0 aliphatic rings. The maximum Gasteiger partial charge on any atom is 0.333 e. The van der Waals surface area contributed by atoms with Gasteiger partial charge in [-0.3, -0.25) is 24.0 Å². The van der Waals surface area contributed by atoms with Crippen LogP contribution in [-0.2, 0) is 38.2 Å². The summed E-state index contributed by atoms with van der Waals surface area (Å²) >= 11 is 0. The molecule has 0 aromatic rings. The summed E-state index contributed by atoms with van der Waals surface area (Å²) in [5, 5.41) is 9.59. The molecule has 0 aromatic carbocycles. The molecule has 12 heteroatoms. The van der Waals surface area contributed by atoms with Crippen LogP contribution < -0.4 is 21.3 Å². The summed E-state index contributed by atoms with van der Waals surface area (Å²) in [6, 6.07) is -0.410. The van der Waals surface area contributed by atoms with Gasteiger partial charge in [-0.1, -0.05) is 27.4 Å². The first-order valence-electron chi connectivity index (χ1n) is 10.6. The van der Waals surface area contributed by atoms with Crippen LogP contribution in [-0.4, -0.2) is 74.5 Å². The van der Waals surface area contributed by atoms with Gasteiger partial charge in [-0.2, -0.15) is 0 Å². The fourth-order valence-corrected chi connectivity index (χ4v) is 2.14. The standard InChI is InChI=1S/C21H34N4O8/c1-6-15(25-19(29)18(28)24-10-12-33-21(31)14(4)5)7-8-22-16(26)17(27)23-9-11-32-20(30)13(2)3/h14-15H,2,6-12H2,1,3-5H3,(H,22,26)(H,23,27)(H,24,28)(H,25,29). The maximum atomic E-state index is 12.0. The molecule has 0 saturated carbocycles. The van der Waals surface area contributed by atoms with Crippen molar-refractivity contribution in [3.63, 3.8) is 0 Å². The van der Waals surface area contributed by atoms with Gasteiger partial charge in [0, 0.05) is 18.2 Å². The molecule has 0 spiro atoms. The van der Waals surface area contributed by atoms with Crippen molar-refractivity contribution in [2.24, 2.45) is 5.92 Å². The lowest BCUT2D eigenvalue weighted by Crippen LogP contribution is -2.47. The highest BCUT2D eigenvalue weighted by molar-refractivity contribution is 6.35. The lowest BCUT2D eigenvalue weighted by molar-refractivity contribution is -0.147. The Bertz CT molecular complexity index is 736. The number of nitrogens with one attached hydrogen (secondary N) is 4. The fourth-order valence-electron chi connectivity index (χ4n) is 2.14. The highest BCUT2D eigenvalue weighted by atomic mass is 16.5. The van der Waals surface area contributed by atoms with Gasteiger partial charge >= 0.3 is 35.6 Å². The van der Waals surface area contributed by atoms with E-state index in [0.717, 1.165) is 0 Å². The highest BCUT2D eigenvalue weighted by Gasteiger charge is 2.19. The van der Waals surface area contributed by atoms with E-state index in [-0.39, 0.29) is 50.8 Å². The van der Waals surface area contributed by atoms with Crippen molar-refractivity contribution in [1.29, 1.82) is 0 Å². The Kier molecular flexibility index (Phi) is 14.5.